The maximum absolute atomic E-state index is 10.7. The van der Waals surface area contributed by atoms with E-state index < -0.39 is 0 Å². The molecule has 0 saturated heterocycles. The molecule has 0 fully saturated rings. The number of aromatic nitrogens is 3. The lowest BCUT2D eigenvalue weighted by Crippen LogP contribution is -2.19. The highest BCUT2D eigenvalue weighted by atomic mass is 16.5. The summed E-state index contributed by atoms with van der Waals surface area (Å²) in [5.41, 5.74) is 1.74. The van der Waals surface area contributed by atoms with Gasteiger partial charge in [-0.1, -0.05) is 32.3 Å². The van der Waals surface area contributed by atoms with Crippen LogP contribution in [0, 0.1) is 0 Å². The lowest BCUT2D eigenvalue weighted by atomic mass is 10.2. The highest BCUT2D eigenvalue weighted by Crippen LogP contribution is 2.30. The van der Waals surface area contributed by atoms with E-state index in [1.807, 2.05) is 24.3 Å². The van der Waals surface area contributed by atoms with Gasteiger partial charge in [0, 0.05) is 32.4 Å². The zero-order valence-electron chi connectivity index (χ0n) is 19.3. The van der Waals surface area contributed by atoms with Crippen LogP contribution in [0.25, 0.3) is 11.0 Å². The molecule has 3 aromatic rings. The number of H-pyrrole nitrogens is 1. The molecule has 3 N–H and O–H groups in total. The summed E-state index contributed by atoms with van der Waals surface area (Å²) in [5.74, 6) is 1.34. The molecule has 0 aliphatic rings. The number of ether oxygens (including phenoxy) is 1. The monoisotopic (exact) mass is 452 g/mol. The van der Waals surface area contributed by atoms with Gasteiger partial charge in [0.2, 0.25) is 6.41 Å². The van der Waals surface area contributed by atoms with Crippen molar-refractivity contribution in [1.29, 1.82) is 0 Å². The molecule has 33 heavy (non-hydrogen) atoms. The van der Waals surface area contributed by atoms with Gasteiger partial charge in [-0.05, 0) is 25.0 Å². The molecule has 2 heterocycles. The van der Waals surface area contributed by atoms with Gasteiger partial charge in [-0.25, -0.2) is 9.97 Å². The number of carbonyl (C=O) groups is 1. The number of aromatic hydroxyl groups is 1. The van der Waals surface area contributed by atoms with Crippen LogP contribution in [0.15, 0.2) is 35.6 Å². The summed E-state index contributed by atoms with van der Waals surface area (Å²) in [6, 6.07) is 7.57. The van der Waals surface area contributed by atoms with Gasteiger partial charge in [0.05, 0.1) is 23.2 Å². The Morgan fingerprint density at radius 1 is 1.24 bits per heavy atom. The van der Waals surface area contributed by atoms with E-state index in [9.17, 15) is 9.90 Å². The summed E-state index contributed by atoms with van der Waals surface area (Å²) in [6.07, 6.45) is 9.21. The van der Waals surface area contributed by atoms with Gasteiger partial charge in [0.15, 0.2) is 5.88 Å². The van der Waals surface area contributed by atoms with Gasteiger partial charge in [0.1, 0.15) is 23.5 Å². The summed E-state index contributed by atoms with van der Waals surface area (Å²) in [7, 11) is 1.74. The van der Waals surface area contributed by atoms with Crippen molar-refractivity contribution in [1.82, 2.24) is 19.9 Å². The zero-order chi connectivity index (χ0) is 23.5. The Kier molecular flexibility index (Phi) is 9.05. The summed E-state index contributed by atoms with van der Waals surface area (Å²) < 4.78 is 5.84. The fourth-order valence-electron chi connectivity index (χ4n) is 3.39. The van der Waals surface area contributed by atoms with Crippen LogP contribution in [-0.4, -0.2) is 64.3 Å². The number of amides is 1. The zero-order valence-corrected chi connectivity index (χ0v) is 19.3. The maximum Gasteiger partial charge on any atom is 0.209 e. The number of unbranched alkanes of at least 4 members (excludes halogenated alkanes) is 3. The van der Waals surface area contributed by atoms with Crippen molar-refractivity contribution in [2.75, 3.05) is 32.1 Å². The van der Waals surface area contributed by atoms with E-state index in [0.29, 0.717) is 42.1 Å². The summed E-state index contributed by atoms with van der Waals surface area (Å²) in [5, 5.41) is 14.4. The molecular formula is C24H32N6O3. The van der Waals surface area contributed by atoms with Gasteiger partial charge in [-0.15, -0.1) is 0 Å². The van der Waals surface area contributed by atoms with Gasteiger partial charge < -0.3 is 25.0 Å². The van der Waals surface area contributed by atoms with Crippen LogP contribution in [0.2, 0.25) is 0 Å². The number of nitrogens with one attached hydrogen (secondary N) is 2. The van der Waals surface area contributed by atoms with E-state index in [2.05, 4.69) is 32.2 Å². The van der Waals surface area contributed by atoms with Crippen LogP contribution in [0.5, 0.6) is 11.6 Å². The van der Waals surface area contributed by atoms with Gasteiger partial charge in [-0.3, -0.25) is 9.79 Å². The van der Waals surface area contributed by atoms with Crippen molar-refractivity contribution in [2.45, 2.75) is 39.0 Å². The van der Waals surface area contributed by atoms with Gasteiger partial charge >= 0.3 is 0 Å². The number of carbonyl (C=O) groups excluding carboxylic acids is 1. The summed E-state index contributed by atoms with van der Waals surface area (Å²) >= 11 is 0. The first-order valence-corrected chi connectivity index (χ1v) is 11.3. The molecule has 9 nitrogen and oxygen atoms in total. The van der Waals surface area contributed by atoms with Crippen LogP contribution in [0.1, 0.15) is 44.6 Å². The van der Waals surface area contributed by atoms with Crippen LogP contribution in [0.4, 0.5) is 11.5 Å². The Labute approximate surface area is 193 Å². The predicted octanol–water partition coefficient (Wildman–Crippen LogP) is 4.26. The Balaban J connectivity index is 1.71. The second-order valence-corrected chi connectivity index (χ2v) is 7.86. The van der Waals surface area contributed by atoms with Crippen LogP contribution in [-0.2, 0) is 4.79 Å². The van der Waals surface area contributed by atoms with Crippen molar-refractivity contribution >= 4 is 35.2 Å². The minimum Gasteiger partial charge on any atom is -0.494 e. The quantitative estimate of drug-likeness (QED) is 0.191. The van der Waals surface area contributed by atoms with Crippen molar-refractivity contribution in [3.63, 3.8) is 0 Å². The van der Waals surface area contributed by atoms with E-state index in [1.54, 1.807) is 18.2 Å². The largest absolute Gasteiger partial charge is 0.494 e. The summed E-state index contributed by atoms with van der Waals surface area (Å²) in [4.78, 5) is 28.3. The third-order valence-corrected chi connectivity index (χ3v) is 5.20. The molecule has 0 unspecified atom stereocenters. The van der Waals surface area contributed by atoms with Crippen molar-refractivity contribution in [3.05, 3.63) is 36.2 Å². The van der Waals surface area contributed by atoms with E-state index in [-0.39, 0.29) is 5.88 Å². The number of aromatic amines is 1. The molecule has 9 heteroatoms. The minimum absolute atomic E-state index is 0.0266. The van der Waals surface area contributed by atoms with Gasteiger partial charge in [0.25, 0.3) is 0 Å². The first-order chi connectivity index (χ1) is 16.1. The number of anilines is 1. The van der Waals surface area contributed by atoms with Gasteiger partial charge in [-0.2, -0.15) is 0 Å². The van der Waals surface area contributed by atoms with E-state index in [4.69, 9.17) is 4.74 Å². The van der Waals surface area contributed by atoms with Crippen molar-refractivity contribution < 1.29 is 14.6 Å². The highest BCUT2D eigenvalue weighted by molar-refractivity contribution is 6.06. The number of hydrogen-bond donors (Lipinski definition) is 3. The lowest BCUT2D eigenvalue weighted by Gasteiger charge is -2.11. The molecule has 0 saturated carbocycles. The number of fused-ring (bicyclic) bond motifs is 1. The first kappa shape index (κ1) is 24.0. The second kappa shape index (κ2) is 12.4. The Morgan fingerprint density at radius 3 is 2.94 bits per heavy atom. The third-order valence-electron chi connectivity index (χ3n) is 5.20. The van der Waals surface area contributed by atoms with Crippen LogP contribution < -0.4 is 10.1 Å². The summed E-state index contributed by atoms with van der Waals surface area (Å²) in [6.45, 7) is 4.12. The smallest absolute Gasteiger partial charge is 0.209 e. The molecule has 0 aliphatic carbocycles. The molecule has 0 aliphatic heterocycles. The van der Waals surface area contributed by atoms with Crippen molar-refractivity contribution in [2.24, 2.45) is 4.99 Å². The molecule has 1 aromatic carbocycles. The van der Waals surface area contributed by atoms with Crippen LogP contribution in [0.3, 0.4) is 0 Å². The van der Waals surface area contributed by atoms with Crippen molar-refractivity contribution in [3.8, 4) is 11.6 Å². The number of hydrogen-bond acceptors (Lipinski definition) is 7. The number of nitrogens with zero attached hydrogens (tertiary/aromatic N) is 4. The first-order valence-electron chi connectivity index (χ1n) is 11.3. The maximum atomic E-state index is 10.7. The van der Waals surface area contributed by atoms with E-state index in [0.717, 1.165) is 30.7 Å². The Bertz CT molecular complexity index is 1070. The lowest BCUT2D eigenvalue weighted by molar-refractivity contribution is -0.117. The van der Waals surface area contributed by atoms with Crippen LogP contribution >= 0.6 is 0 Å². The Hall–Kier alpha value is -3.62. The number of rotatable bonds is 14. The molecule has 0 bridgehead atoms. The number of benzene rings is 1. The fraction of sp³-hybridized carbons (Fsp3) is 0.417. The Morgan fingerprint density at radius 2 is 2.12 bits per heavy atom. The second-order valence-electron chi connectivity index (χ2n) is 7.86. The number of aliphatic imine (C=N–C) groups is 1. The normalized spacial score (nSPS) is 11.2. The highest BCUT2D eigenvalue weighted by Gasteiger charge is 2.15. The topological polar surface area (TPSA) is 116 Å². The molecule has 176 valence electrons. The molecule has 3 rings (SSSR count). The third kappa shape index (κ3) is 6.93. The molecule has 0 atom stereocenters. The SMILES string of the molecule is CCCCCCOc1cccc(N=Cc2c(O)[nH]c3ncnc(NCCCN(C)C=O)c23)c1. The molecule has 0 spiro atoms. The van der Waals surface area contributed by atoms with E-state index in [1.165, 1.54) is 25.6 Å². The fourth-order valence-corrected chi connectivity index (χ4v) is 3.39. The van der Waals surface area contributed by atoms with E-state index >= 15 is 0 Å². The average molecular weight is 453 g/mol. The molecule has 2 aromatic heterocycles. The molecular weight excluding hydrogens is 420 g/mol. The molecule has 1 amide bonds. The standard InChI is InChI=1S/C24H32N6O3/c1-3-4-5-6-13-33-19-10-7-9-18(14-19)26-15-20-21-22(25-11-8-12-30(2)17-31)27-16-28-23(21)29-24(20)32/h7,9-10,14-17,32H,3-6,8,11-13H2,1-2H3,(H2,25,27,28,29). The molecule has 0 radical (unpaired) electrons. The predicted molar refractivity (Wildman–Crippen MR) is 131 cm³/mol. The minimum atomic E-state index is -0.0266. The average Bonchev–Trinajstić information content (AvgIpc) is 3.16.